The van der Waals surface area contributed by atoms with Gasteiger partial charge in [0.15, 0.2) is 0 Å². The molecule has 0 atom stereocenters. The van der Waals surface area contributed by atoms with E-state index in [1.165, 1.54) is 0 Å². The number of benzene rings is 1. The van der Waals surface area contributed by atoms with Crippen molar-refractivity contribution in [1.82, 2.24) is 10.2 Å². The van der Waals surface area contributed by atoms with Crippen molar-refractivity contribution in [3.63, 3.8) is 0 Å². The Morgan fingerprint density at radius 1 is 1.56 bits per heavy atom. The molecule has 2 amide bonds. The zero-order chi connectivity index (χ0) is 13.0. The van der Waals surface area contributed by atoms with Gasteiger partial charge in [-0.1, -0.05) is 6.07 Å². The van der Waals surface area contributed by atoms with Gasteiger partial charge in [-0.2, -0.15) is 0 Å². The summed E-state index contributed by atoms with van der Waals surface area (Å²) < 4.78 is 5.13. The number of nitrogens with zero attached hydrogens (tertiary/aromatic N) is 1. The molecular formula is C13H19N3O2. The number of likely N-dealkylation sites (N-methyl/N-ethyl adjacent to an activating group) is 1. The van der Waals surface area contributed by atoms with E-state index >= 15 is 0 Å². The predicted molar refractivity (Wildman–Crippen MR) is 71.1 cm³/mol. The van der Waals surface area contributed by atoms with Gasteiger partial charge in [0.2, 0.25) is 0 Å². The first kappa shape index (κ1) is 12.7. The van der Waals surface area contributed by atoms with Crippen molar-refractivity contribution in [2.75, 3.05) is 32.1 Å². The normalized spacial score (nSPS) is 14.8. The van der Waals surface area contributed by atoms with E-state index in [1.807, 2.05) is 36.1 Å². The Kier molecular flexibility index (Phi) is 4.04. The van der Waals surface area contributed by atoms with Gasteiger partial charge in [0, 0.05) is 31.4 Å². The van der Waals surface area contributed by atoms with E-state index in [0.717, 1.165) is 24.5 Å². The topological polar surface area (TPSA) is 53.6 Å². The lowest BCUT2D eigenvalue weighted by molar-refractivity contribution is 0.165. The molecule has 98 valence electrons. The Morgan fingerprint density at radius 3 is 2.89 bits per heavy atom. The zero-order valence-corrected chi connectivity index (χ0v) is 10.8. The van der Waals surface area contributed by atoms with Gasteiger partial charge in [-0.15, -0.1) is 0 Å². The van der Waals surface area contributed by atoms with Crippen LogP contribution in [0.2, 0.25) is 0 Å². The van der Waals surface area contributed by atoms with Gasteiger partial charge in [-0.05, 0) is 19.1 Å². The lowest BCUT2D eigenvalue weighted by Crippen LogP contribution is -2.59. The van der Waals surface area contributed by atoms with Crippen LogP contribution in [0.4, 0.5) is 10.5 Å². The van der Waals surface area contributed by atoms with E-state index in [2.05, 4.69) is 10.6 Å². The van der Waals surface area contributed by atoms with E-state index in [4.69, 9.17) is 4.74 Å². The highest BCUT2D eigenvalue weighted by molar-refractivity contribution is 5.89. The molecule has 0 radical (unpaired) electrons. The Labute approximate surface area is 107 Å². The molecule has 18 heavy (non-hydrogen) atoms. The van der Waals surface area contributed by atoms with Crippen LogP contribution in [0.1, 0.15) is 6.92 Å². The highest BCUT2D eigenvalue weighted by Gasteiger charge is 2.27. The summed E-state index contributed by atoms with van der Waals surface area (Å²) >= 11 is 0. The summed E-state index contributed by atoms with van der Waals surface area (Å²) in [6.07, 6.45) is 0. The van der Waals surface area contributed by atoms with Crippen molar-refractivity contribution in [2.24, 2.45) is 0 Å². The highest BCUT2D eigenvalue weighted by atomic mass is 16.5. The molecule has 1 fully saturated rings. The third-order valence-corrected chi connectivity index (χ3v) is 3.12. The van der Waals surface area contributed by atoms with E-state index in [-0.39, 0.29) is 6.03 Å². The van der Waals surface area contributed by atoms with Gasteiger partial charge in [-0.3, -0.25) is 0 Å². The summed E-state index contributed by atoms with van der Waals surface area (Å²) in [5, 5.41) is 6.07. The van der Waals surface area contributed by atoms with Crippen LogP contribution in [0.5, 0.6) is 5.75 Å². The van der Waals surface area contributed by atoms with Crippen LogP contribution >= 0.6 is 0 Å². The molecule has 0 saturated carbocycles. The van der Waals surface area contributed by atoms with Crippen LogP contribution in [0.3, 0.4) is 0 Å². The average Bonchev–Trinajstić information content (AvgIpc) is 2.33. The van der Waals surface area contributed by atoms with Gasteiger partial charge in [0.1, 0.15) is 5.75 Å². The number of nitrogens with one attached hydrogen (secondary N) is 2. The van der Waals surface area contributed by atoms with Crippen molar-refractivity contribution in [3.05, 3.63) is 24.3 Å². The first-order chi connectivity index (χ1) is 8.74. The minimum Gasteiger partial charge on any atom is -0.497 e. The fraction of sp³-hybridized carbons (Fsp3) is 0.462. The molecule has 0 aromatic heterocycles. The second kappa shape index (κ2) is 5.73. The molecule has 1 heterocycles. The molecule has 1 aromatic rings. The van der Waals surface area contributed by atoms with Crippen molar-refractivity contribution in [2.45, 2.75) is 13.0 Å². The number of ether oxygens (including phenoxy) is 1. The maximum atomic E-state index is 12.1. The number of methoxy groups -OCH3 is 1. The summed E-state index contributed by atoms with van der Waals surface area (Å²) in [5.41, 5.74) is 0.755. The molecule has 0 bridgehead atoms. The van der Waals surface area contributed by atoms with Gasteiger partial charge in [0.25, 0.3) is 0 Å². The minimum atomic E-state index is -0.0581. The molecule has 2 N–H and O–H groups in total. The molecule has 1 aliphatic rings. The van der Waals surface area contributed by atoms with E-state index < -0.39 is 0 Å². The molecule has 0 spiro atoms. The van der Waals surface area contributed by atoms with E-state index in [0.29, 0.717) is 12.6 Å². The third kappa shape index (κ3) is 2.73. The average molecular weight is 249 g/mol. The maximum Gasteiger partial charge on any atom is 0.322 e. The third-order valence-electron chi connectivity index (χ3n) is 3.12. The molecule has 2 rings (SSSR count). The summed E-state index contributed by atoms with van der Waals surface area (Å²) in [7, 11) is 1.61. The number of hydrogen-bond acceptors (Lipinski definition) is 3. The van der Waals surface area contributed by atoms with Crippen LogP contribution in [0.15, 0.2) is 24.3 Å². The maximum absolute atomic E-state index is 12.1. The minimum absolute atomic E-state index is 0.0581. The number of hydrogen-bond donors (Lipinski definition) is 2. The van der Waals surface area contributed by atoms with Crippen LogP contribution in [-0.4, -0.2) is 43.7 Å². The van der Waals surface area contributed by atoms with E-state index in [1.54, 1.807) is 7.11 Å². The zero-order valence-electron chi connectivity index (χ0n) is 10.8. The first-order valence-electron chi connectivity index (χ1n) is 6.17. The molecule has 1 saturated heterocycles. The van der Waals surface area contributed by atoms with Gasteiger partial charge in [0.05, 0.1) is 13.2 Å². The number of carbonyl (C=O) groups excluding carboxylic acids is 1. The summed E-state index contributed by atoms with van der Waals surface area (Å²) in [6, 6.07) is 7.62. The van der Waals surface area contributed by atoms with Crippen molar-refractivity contribution in [3.8, 4) is 5.75 Å². The number of amides is 2. The smallest absolute Gasteiger partial charge is 0.322 e. The summed E-state index contributed by atoms with van der Waals surface area (Å²) in [4.78, 5) is 14.0. The van der Waals surface area contributed by atoms with Crippen LogP contribution in [0.25, 0.3) is 0 Å². The van der Waals surface area contributed by atoms with Gasteiger partial charge in [-0.25, -0.2) is 4.79 Å². The molecule has 1 aromatic carbocycles. The van der Waals surface area contributed by atoms with Crippen LogP contribution in [-0.2, 0) is 0 Å². The molecule has 0 unspecified atom stereocenters. The largest absolute Gasteiger partial charge is 0.497 e. The van der Waals surface area contributed by atoms with E-state index in [9.17, 15) is 4.79 Å². The second-order valence-electron chi connectivity index (χ2n) is 4.26. The Morgan fingerprint density at radius 2 is 2.33 bits per heavy atom. The number of rotatable bonds is 4. The number of carbonyl (C=O) groups is 1. The van der Waals surface area contributed by atoms with Crippen molar-refractivity contribution in [1.29, 1.82) is 0 Å². The standard InChI is InChI=1S/C13H19N3O2/c1-3-16(11-8-14-9-11)13(17)15-10-5-4-6-12(7-10)18-2/h4-7,11,14H,3,8-9H2,1-2H3,(H,15,17). The Balaban J connectivity index is 2.00. The monoisotopic (exact) mass is 249 g/mol. The summed E-state index contributed by atoms with van der Waals surface area (Å²) in [5.74, 6) is 0.737. The van der Waals surface area contributed by atoms with Gasteiger partial charge < -0.3 is 20.3 Å². The molecule has 1 aliphatic heterocycles. The Bertz CT molecular complexity index is 418. The lowest BCUT2D eigenvalue weighted by Gasteiger charge is -2.37. The van der Waals surface area contributed by atoms with Gasteiger partial charge >= 0.3 is 6.03 Å². The van der Waals surface area contributed by atoms with Crippen molar-refractivity contribution < 1.29 is 9.53 Å². The molecule has 5 heteroatoms. The molecule has 0 aliphatic carbocycles. The Hall–Kier alpha value is -1.75. The van der Waals surface area contributed by atoms with Crippen molar-refractivity contribution >= 4 is 11.7 Å². The van der Waals surface area contributed by atoms with Crippen LogP contribution in [0, 0.1) is 0 Å². The fourth-order valence-corrected chi connectivity index (χ4v) is 1.96. The first-order valence-corrected chi connectivity index (χ1v) is 6.17. The summed E-state index contributed by atoms with van der Waals surface area (Å²) in [6.45, 7) is 4.45. The SMILES string of the molecule is CCN(C(=O)Nc1cccc(OC)c1)C1CNC1. The lowest BCUT2D eigenvalue weighted by atomic mass is 10.1. The quantitative estimate of drug-likeness (QED) is 0.850. The van der Waals surface area contributed by atoms with Crippen LogP contribution < -0.4 is 15.4 Å². The predicted octanol–water partition coefficient (Wildman–Crippen LogP) is 1.52. The fourth-order valence-electron chi connectivity index (χ4n) is 1.96. The molecule has 5 nitrogen and oxygen atoms in total. The number of urea groups is 1. The molecular weight excluding hydrogens is 230 g/mol. The number of anilines is 1. The highest BCUT2D eigenvalue weighted by Crippen LogP contribution is 2.17. The second-order valence-corrected chi connectivity index (χ2v) is 4.26.